The molecule has 2 aliphatic heterocycles. The van der Waals surface area contributed by atoms with Gasteiger partial charge in [-0.3, -0.25) is 14.5 Å². The molecule has 1 saturated heterocycles. The van der Waals surface area contributed by atoms with Crippen LogP contribution in [0.15, 0.2) is 83.2 Å². The zero-order valence-electron chi connectivity index (χ0n) is 25.7. The zero-order chi connectivity index (χ0) is 32.4. The maximum atomic E-state index is 13.8. The van der Waals surface area contributed by atoms with Gasteiger partial charge < -0.3 is 19.3 Å². The summed E-state index contributed by atoms with van der Waals surface area (Å²) in [6, 6.07) is 17.7. The number of aliphatic hydroxyl groups is 1. The highest BCUT2D eigenvalue weighted by Crippen LogP contribution is 2.46. The van der Waals surface area contributed by atoms with Crippen LogP contribution in [0.4, 0.5) is 5.13 Å². The fourth-order valence-electron chi connectivity index (χ4n) is 5.49. The van der Waals surface area contributed by atoms with Gasteiger partial charge in [-0.2, -0.15) is 0 Å². The fourth-order valence-corrected chi connectivity index (χ4v) is 7.31. The molecule has 3 aromatic carbocycles. The summed E-state index contributed by atoms with van der Waals surface area (Å²) in [5.74, 6) is 0.423. The number of aliphatic hydroxyl groups excluding tert-OH is 1. The summed E-state index contributed by atoms with van der Waals surface area (Å²) in [7, 11) is 0. The molecule has 1 N–H and O–H groups in total. The van der Waals surface area contributed by atoms with Gasteiger partial charge in [-0.05, 0) is 67.8 Å². The van der Waals surface area contributed by atoms with Gasteiger partial charge in [0.2, 0.25) is 5.13 Å². The molecule has 0 saturated carbocycles. The number of nitrogens with zero attached hydrogens (tertiary/aromatic N) is 3. The van der Waals surface area contributed by atoms with E-state index in [9.17, 15) is 14.7 Å². The Morgan fingerprint density at radius 2 is 1.91 bits per heavy atom. The highest BCUT2D eigenvalue weighted by Gasteiger charge is 2.48. The SMILES string of the molecule is C=CCOc1ccc([C@@H]2/C(=C(\O)c3ccc4c(c3)C[C@@H](C)O4)C(=O)C(=O)N2c2nnc(SCc3ccc(C)cc3)s2)cc1OCC. The molecule has 11 heteroatoms. The number of anilines is 1. The van der Waals surface area contributed by atoms with Crippen LogP contribution in [0, 0.1) is 6.92 Å². The number of aryl methyl sites for hydroxylation is 1. The molecule has 0 bridgehead atoms. The first-order valence-corrected chi connectivity index (χ1v) is 16.7. The first-order valence-electron chi connectivity index (χ1n) is 14.9. The number of amides is 1. The van der Waals surface area contributed by atoms with E-state index in [2.05, 4.69) is 41.0 Å². The molecule has 1 amide bonds. The molecule has 2 aliphatic rings. The van der Waals surface area contributed by atoms with Gasteiger partial charge in [0.25, 0.3) is 5.78 Å². The number of ketones is 1. The average molecular weight is 656 g/mol. The second-order valence-electron chi connectivity index (χ2n) is 11.0. The van der Waals surface area contributed by atoms with Crippen LogP contribution in [0.5, 0.6) is 17.2 Å². The van der Waals surface area contributed by atoms with Crippen molar-refractivity contribution < 1.29 is 28.9 Å². The van der Waals surface area contributed by atoms with E-state index in [1.807, 2.05) is 20.8 Å². The van der Waals surface area contributed by atoms with Crippen molar-refractivity contribution in [3.05, 3.63) is 107 Å². The number of carbonyl (C=O) groups excluding carboxylic acids is 2. The van der Waals surface area contributed by atoms with Crippen LogP contribution < -0.4 is 19.1 Å². The summed E-state index contributed by atoms with van der Waals surface area (Å²) in [5, 5.41) is 20.6. The number of aromatic nitrogens is 2. The molecule has 0 radical (unpaired) electrons. The molecule has 3 heterocycles. The number of hydrogen-bond acceptors (Lipinski definition) is 10. The number of carbonyl (C=O) groups is 2. The summed E-state index contributed by atoms with van der Waals surface area (Å²) in [6.07, 6.45) is 2.31. The molecular formula is C35H33N3O6S2. The molecule has 0 spiro atoms. The number of ether oxygens (including phenoxy) is 3. The molecule has 0 aliphatic carbocycles. The lowest BCUT2D eigenvalue weighted by Gasteiger charge is -2.23. The third kappa shape index (κ3) is 6.25. The minimum atomic E-state index is -1.00. The van der Waals surface area contributed by atoms with Gasteiger partial charge in [0.05, 0.1) is 18.2 Å². The van der Waals surface area contributed by atoms with E-state index in [0.29, 0.717) is 45.7 Å². The number of hydrogen-bond donors (Lipinski definition) is 1. The van der Waals surface area contributed by atoms with Crippen molar-refractivity contribution in [3.8, 4) is 17.2 Å². The van der Waals surface area contributed by atoms with Gasteiger partial charge in [0.1, 0.15) is 24.2 Å². The normalized spacial score (nSPS) is 18.4. The van der Waals surface area contributed by atoms with Crippen molar-refractivity contribution in [1.82, 2.24) is 10.2 Å². The van der Waals surface area contributed by atoms with E-state index < -0.39 is 17.7 Å². The van der Waals surface area contributed by atoms with Crippen molar-refractivity contribution in [2.45, 2.75) is 49.4 Å². The van der Waals surface area contributed by atoms with Crippen molar-refractivity contribution in [1.29, 1.82) is 0 Å². The van der Waals surface area contributed by atoms with Crippen LogP contribution in [-0.4, -0.2) is 46.3 Å². The smallest absolute Gasteiger partial charge is 0.301 e. The number of Topliss-reactive ketones (excluding diaryl/α,β-unsaturated/α-hetero) is 1. The average Bonchev–Trinajstić information content (AvgIpc) is 3.74. The van der Waals surface area contributed by atoms with Crippen LogP contribution in [0.1, 0.15) is 47.7 Å². The lowest BCUT2D eigenvalue weighted by atomic mass is 9.94. The van der Waals surface area contributed by atoms with Gasteiger partial charge >= 0.3 is 5.91 Å². The van der Waals surface area contributed by atoms with E-state index in [-0.39, 0.29) is 29.2 Å². The molecule has 236 valence electrons. The van der Waals surface area contributed by atoms with Crippen molar-refractivity contribution in [2.75, 3.05) is 18.1 Å². The Morgan fingerprint density at radius 3 is 2.67 bits per heavy atom. The number of benzene rings is 3. The topological polar surface area (TPSA) is 111 Å². The van der Waals surface area contributed by atoms with E-state index in [1.54, 1.807) is 42.5 Å². The highest BCUT2D eigenvalue weighted by molar-refractivity contribution is 8.00. The predicted octanol–water partition coefficient (Wildman–Crippen LogP) is 7.05. The molecule has 2 atom stereocenters. The number of thioether (sulfide) groups is 1. The van der Waals surface area contributed by atoms with Gasteiger partial charge in [0.15, 0.2) is 15.8 Å². The van der Waals surface area contributed by atoms with Gasteiger partial charge in [-0.25, -0.2) is 0 Å². The van der Waals surface area contributed by atoms with Crippen molar-refractivity contribution >= 4 is 45.7 Å². The van der Waals surface area contributed by atoms with Crippen LogP contribution in [0.2, 0.25) is 0 Å². The molecule has 0 unspecified atom stereocenters. The molecule has 1 aromatic heterocycles. The third-order valence-electron chi connectivity index (χ3n) is 7.64. The van der Waals surface area contributed by atoms with Crippen LogP contribution >= 0.6 is 23.1 Å². The van der Waals surface area contributed by atoms with E-state index in [1.165, 1.54) is 33.6 Å². The van der Waals surface area contributed by atoms with E-state index in [4.69, 9.17) is 14.2 Å². The Balaban J connectivity index is 1.42. The first kappa shape index (κ1) is 31.4. The molecule has 4 aromatic rings. The van der Waals surface area contributed by atoms with Crippen molar-refractivity contribution in [2.24, 2.45) is 0 Å². The number of rotatable bonds is 11. The van der Waals surface area contributed by atoms with E-state index in [0.717, 1.165) is 16.9 Å². The Morgan fingerprint density at radius 1 is 1.11 bits per heavy atom. The minimum absolute atomic E-state index is 0.00672. The largest absolute Gasteiger partial charge is 0.507 e. The minimum Gasteiger partial charge on any atom is -0.507 e. The Labute approximate surface area is 275 Å². The van der Waals surface area contributed by atoms with Gasteiger partial charge in [0, 0.05) is 17.7 Å². The predicted molar refractivity (Wildman–Crippen MR) is 179 cm³/mol. The zero-order valence-corrected chi connectivity index (χ0v) is 27.3. The molecule has 1 fully saturated rings. The summed E-state index contributed by atoms with van der Waals surface area (Å²) in [4.78, 5) is 28.9. The third-order valence-corrected chi connectivity index (χ3v) is 9.77. The molecule has 6 rings (SSSR count). The molecule has 9 nitrogen and oxygen atoms in total. The summed E-state index contributed by atoms with van der Waals surface area (Å²) >= 11 is 2.71. The lowest BCUT2D eigenvalue weighted by Crippen LogP contribution is -2.29. The second kappa shape index (κ2) is 13.4. The maximum Gasteiger partial charge on any atom is 0.301 e. The van der Waals surface area contributed by atoms with Crippen LogP contribution in [0.3, 0.4) is 0 Å². The van der Waals surface area contributed by atoms with Crippen LogP contribution in [0.25, 0.3) is 5.76 Å². The Bertz CT molecular complexity index is 1830. The summed E-state index contributed by atoms with van der Waals surface area (Å²) < 4.78 is 18.1. The standard InChI is InChI=1S/C35H33N3O6S2/c1-5-15-43-27-14-11-23(18-28(27)42-6-2)30-29(31(39)24-12-13-26-25(17-24)16-21(4)44-26)32(40)33(41)38(30)34-36-37-35(46-34)45-19-22-9-7-20(3)8-10-22/h5,7-14,17-18,21,30,39H,1,6,15-16,19H2,2-4H3/b31-29+/t21-,30-/m1/s1. The van der Waals surface area contributed by atoms with Crippen LogP contribution in [-0.2, 0) is 21.8 Å². The summed E-state index contributed by atoms with van der Waals surface area (Å²) in [6.45, 7) is 10.2. The Kier molecular flexibility index (Phi) is 9.14. The monoisotopic (exact) mass is 655 g/mol. The number of fused-ring (bicyclic) bond motifs is 1. The summed E-state index contributed by atoms with van der Waals surface area (Å²) in [5.41, 5.74) is 4.13. The second-order valence-corrected chi connectivity index (χ2v) is 13.2. The lowest BCUT2D eigenvalue weighted by molar-refractivity contribution is -0.132. The Hall–Kier alpha value is -4.61. The van der Waals surface area contributed by atoms with E-state index >= 15 is 0 Å². The van der Waals surface area contributed by atoms with Gasteiger partial charge in [-0.1, -0.05) is 71.6 Å². The molecular weight excluding hydrogens is 623 g/mol. The maximum absolute atomic E-state index is 13.8. The quantitative estimate of drug-likeness (QED) is 0.0454. The fraction of sp³-hybridized carbons (Fsp3) is 0.257. The van der Waals surface area contributed by atoms with Gasteiger partial charge in [-0.15, -0.1) is 10.2 Å². The highest BCUT2D eigenvalue weighted by atomic mass is 32.2. The molecule has 46 heavy (non-hydrogen) atoms. The first-order chi connectivity index (χ1) is 22.3. The van der Waals surface area contributed by atoms with Crippen molar-refractivity contribution in [3.63, 3.8) is 0 Å².